The van der Waals surface area contributed by atoms with Crippen LogP contribution in [0.4, 0.5) is 5.69 Å². The van der Waals surface area contributed by atoms with Crippen molar-refractivity contribution in [2.24, 2.45) is 5.92 Å². The van der Waals surface area contributed by atoms with E-state index >= 15 is 0 Å². The Bertz CT molecular complexity index is 1230. The highest BCUT2D eigenvalue weighted by molar-refractivity contribution is 7.92. The van der Waals surface area contributed by atoms with Gasteiger partial charge in [-0.15, -0.1) is 0 Å². The fraction of sp³-hybridized carbons (Fsp3) is 0.231. The average Bonchev–Trinajstić information content (AvgIpc) is 2.85. The van der Waals surface area contributed by atoms with E-state index < -0.39 is 10.0 Å². The maximum absolute atomic E-state index is 12.9. The third kappa shape index (κ3) is 5.31. The number of amides is 1. The number of hydrogen-bond acceptors (Lipinski definition) is 4. The van der Waals surface area contributed by atoms with E-state index in [9.17, 15) is 18.0 Å². The average molecular weight is 463 g/mol. The van der Waals surface area contributed by atoms with Gasteiger partial charge in [0.2, 0.25) is 0 Å². The van der Waals surface area contributed by atoms with E-state index in [1.54, 1.807) is 17.0 Å². The van der Waals surface area contributed by atoms with Gasteiger partial charge in [0, 0.05) is 35.8 Å². The second-order valence-electron chi connectivity index (χ2n) is 8.29. The summed E-state index contributed by atoms with van der Waals surface area (Å²) < 4.78 is 27.8. The van der Waals surface area contributed by atoms with Gasteiger partial charge in [0.1, 0.15) is 0 Å². The molecule has 0 aliphatic carbocycles. The maximum atomic E-state index is 12.9. The molecule has 0 radical (unpaired) electrons. The first-order chi connectivity index (χ1) is 15.8. The predicted molar refractivity (Wildman–Crippen MR) is 128 cm³/mol. The molecule has 1 fully saturated rings. The number of likely N-dealkylation sites (tertiary alicyclic amines) is 1. The van der Waals surface area contributed by atoms with Crippen molar-refractivity contribution >= 4 is 27.4 Å². The molecule has 7 heteroatoms. The molecule has 4 rings (SSSR count). The van der Waals surface area contributed by atoms with Gasteiger partial charge in [-0.25, -0.2) is 8.42 Å². The van der Waals surface area contributed by atoms with Gasteiger partial charge < -0.3 is 4.90 Å². The van der Waals surface area contributed by atoms with Crippen molar-refractivity contribution in [1.82, 2.24) is 4.90 Å². The molecular formula is C26H26N2O4S. The zero-order valence-electron chi connectivity index (χ0n) is 18.4. The van der Waals surface area contributed by atoms with Crippen molar-refractivity contribution in [3.63, 3.8) is 0 Å². The van der Waals surface area contributed by atoms with Crippen LogP contribution >= 0.6 is 0 Å². The fourth-order valence-electron chi connectivity index (χ4n) is 3.98. The number of benzene rings is 3. The summed E-state index contributed by atoms with van der Waals surface area (Å²) in [5.74, 6) is -0.119. The molecule has 0 atom stereocenters. The van der Waals surface area contributed by atoms with Crippen LogP contribution in [0, 0.1) is 12.8 Å². The molecule has 1 amide bonds. The molecule has 3 aromatic rings. The van der Waals surface area contributed by atoms with Gasteiger partial charge in [-0.1, -0.05) is 48.0 Å². The summed E-state index contributed by atoms with van der Waals surface area (Å²) in [5.41, 5.74) is 2.65. The normalized spacial score (nSPS) is 14.6. The molecule has 1 aliphatic heterocycles. The molecule has 1 aliphatic rings. The molecular weight excluding hydrogens is 436 g/mol. The zero-order valence-corrected chi connectivity index (χ0v) is 19.2. The SMILES string of the molecule is Cc1ccc(NS(=O)(=O)c2ccc(C(=O)N3CCC(C(=O)c4ccccc4)CC3)cc2)cc1. The zero-order chi connectivity index (χ0) is 23.4. The van der Waals surface area contributed by atoms with Gasteiger partial charge in [-0.05, 0) is 56.2 Å². The van der Waals surface area contributed by atoms with Crippen LogP contribution in [0.2, 0.25) is 0 Å². The fourth-order valence-corrected chi connectivity index (χ4v) is 5.04. The quantitative estimate of drug-likeness (QED) is 0.546. The third-order valence-corrected chi connectivity index (χ3v) is 7.32. The Balaban J connectivity index is 1.37. The van der Waals surface area contributed by atoms with Crippen LogP contribution in [0.1, 0.15) is 39.1 Å². The van der Waals surface area contributed by atoms with Gasteiger partial charge in [0.15, 0.2) is 5.78 Å². The van der Waals surface area contributed by atoms with Crippen molar-refractivity contribution < 1.29 is 18.0 Å². The van der Waals surface area contributed by atoms with Crippen LogP contribution in [0.5, 0.6) is 0 Å². The number of nitrogens with zero attached hydrogens (tertiary/aromatic N) is 1. The second-order valence-corrected chi connectivity index (χ2v) is 9.98. The lowest BCUT2D eigenvalue weighted by molar-refractivity contribution is 0.0650. The molecule has 1 heterocycles. The lowest BCUT2D eigenvalue weighted by atomic mass is 9.88. The highest BCUT2D eigenvalue weighted by atomic mass is 32.2. The number of carbonyl (C=O) groups is 2. The predicted octanol–water partition coefficient (Wildman–Crippen LogP) is 4.53. The monoisotopic (exact) mass is 462 g/mol. The lowest BCUT2D eigenvalue weighted by Gasteiger charge is -2.31. The number of rotatable bonds is 6. The second kappa shape index (κ2) is 9.58. The van der Waals surface area contributed by atoms with Crippen LogP contribution < -0.4 is 4.72 Å². The Morgan fingerprint density at radius 1 is 0.818 bits per heavy atom. The van der Waals surface area contributed by atoms with E-state index in [4.69, 9.17) is 0 Å². The van der Waals surface area contributed by atoms with Crippen molar-refractivity contribution in [3.8, 4) is 0 Å². The molecule has 0 saturated carbocycles. The standard InChI is InChI=1S/C26H26N2O4S/c1-19-7-11-23(12-8-19)27-33(31,32)24-13-9-22(10-14-24)26(30)28-17-15-21(16-18-28)25(29)20-5-3-2-4-6-20/h2-14,21,27H,15-18H2,1H3. The van der Waals surface area contributed by atoms with E-state index in [0.717, 1.165) is 5.56 Å². The molecule has 3 aromatic carbocycles. The summed E-state index contributed by atoms with van der Waals surface area (Å²) >= 11 is 0. The number of anilines is 1. The molecule has 1 saturated heterocycles. The Morgan fingerprint density at radius 3 is 2.03 bits per heavy atom. The summed E-state index contributed by atoms with van der Waals surface area (Å²) in [6.07, 6.45) is 1.23. The van der Waals surface area contributed by atoms with Gasteiger partial charge in [-0.3, -0.25) is 14.3 Å². The van der Waals surface area contributed by atoms with E-state index in [1.807, 2.05) is 49.4 Å². The third-order valence-electron chi connectivity index (χ3n) is 5.93. The summed E-state index contributed by atoms with van der Waals surface area (Å²) in [7, 11) is -3.75. The molecule has 170 valence electrons. The first-order valence-corrected chi connectivity index (χ1v) is 12.4. The minimum atomic E-state index is -3.75. The smallest absolute Gasteiger partial charge is 0.261 e. The van der Waals surface area contributed by atoms with Gasteiger partial charge >= 0.3 is 0 Å². The number of nitrogens with one attached hydrogen (secondary N) is 1. The minimum absolute atomic E-state index is 0.0863. The molecule has 33 heavy (non-hydrogen) atoms. The highest BCUT2D eigenvalue weighted by Gasteiger charge is 2.28. The van der Waals surface area contributed by atoms with Crippen LogP contribution in [0.3, 0.4) is 0 Å². The topological polar surface area (TPSA) is 83.6 Å². The van der Waals surface area contributed by atoms with Gasteiger partial charge in [-0.2, -0.15) is 0 Å². The Morgan fingerprint density at radius 2 is 1.42 bits per heavy atom. The lowest BCUT2D eigenvalue weighted by Crippen LogP contribution is -2.40. The molecule has 0 bridgehead atoms. The number of sulfonamides is 1. The first kappa shape index (κ1) is 22.7. The van der Waals surface area contributed by atoms with E-state index in [0.29, 0.717) is 42.7 Å². The van der Waals surface area contributed by atoms with Crippen LogP contribution in [0.15, 0.2) is 83.8 Å². The van der Waals surface area contributed by atoms with Crippen molar-refractivity contribution in [2.45, 2.75) is 24.7 Å². The van der Waals surface area contributed by atoms with Gasteiger partial charge in [0.05, 0.1) is 4.90 Å². The number of Topliss-reactive ketones (excluding diaryl/α,β-unsaturated/α-hetero) is 1. The minimum Gasteiger partial charge on any atom is -0.339 e. The van der Waals surface area contributed by atoms with Crippen molar-refractivity contribution in [2.75, 3.05) is 17.8 Å². The summed E-state index contributed by atoms with van der Waals surface area (Å²) in [6, 6.07) is 22.3. The number of carbonyl (C=O) groups excluding carboxylic acids is 2. The van der Waals surface area contributed by atoms with Crippen LogP contribution in [0.25, 0.3) is 0 Å². The Hall–Kier alpha value is -3.45. The van der Waals surface area contributed by atoms with Crippen molar-refractivity contribution in [1.29, 1.82) is 0 Å². The van der Waals surface area contributed by atoms with E-state index in [2.05, 4.69) is 4.72 Å². The number of ketones is 1. The molecule has 1 N–H and O–H groups in total. The van der Waals surface area contributed by atoms with Crippen LogP contribution in [-0.4, -0.2) is 38.1 Å². The summed E-state index contributed by atoms with van der Waals surface area (Å²) in [4.78, 5) is 27.4. The molecule has 0 spiro atoms. The molecule has 6 nitrogen and oxygen atoms in total. The molecule has 0 aromatic heterocycles. The number of piperidine rings is 1. The van der Waals surface area contributed by atoms with Gasteiger partial charge in [0.25, 0.3) is 15.9 Å². The first-order valence-electron chi connectivity index (χ1n) is 10.9. The molecule has 0 unspecified atom stereocenters. The van der Waals surface area contributed by atoms with Crippen LogP contribution in [-0.2, 0) is 10.0 Å². The highest BCUT2D eigenvalue weighted by Crippen LogP contribution is 2.24. The van der Waals surface area contributed by atoms with E-state index in [1.165, 1.54) is 24.3 Å². The van der Waals surface area contributed by atoms with Crippen molar-refractivity contribution in [3.05, 3.63) is 95.6 Å². The largest absolute Gasteiger partial charge is 0.339 e. The maximum Gasteiger partial charge on any atom is 0.261 e. The van der Waals surface area contributed by atoms with E-state index in [-0.39, 0.29) is 22.5 Å². The Kier molecular flexibility index (Phi) is 6.60. The Labute approximate surface area is 194 Å². The number of hydrogen-bond donors (Lipinski definition) is 1. The number of aryl methyl sites for hydroxylation is 1. The summed E-state index contributed by atoms with van der Waals surface area (Å²) in [5, 5.41) is 0. The summed E-state index contributed by atoms with van der Waals surface area (Å²) in [6.45, 7) is 2.92.